The van der Waals surface area contributed by atoms with Gasteiger partial charge < -0.3 is 5.32 Å². The van der Waals surface area contributed by atoms with E-state index >= 15 is 0 Å². The number of non-ortho nitro benzene ring substituents is 1. The number of nitrogens with zero attached hydrogens (tertiary/aromatic N) is 2. The van der Waals surface area contributed by atoms with Crippen molar-refractivity contribution in [1.82, 2.24) is 10.7 Å². The van der Waals surface area contributed by atoms with Crippen molar-refractivity contribution in [3.05, 3.63) is 74.8 Å². The Morgan fingerprint density at radius 2 is 1.81 bits per heavy atom. The molecule has 2 aromatic carbocycles. The molecule has 9 heteroatoms. The molecule has 0 radical (unpaired) electrons. The van der Waals surface area contributed by atoms with Crippen molar-refractivity contribution < 1.29 is 14.5 Å². The molecule has 140 valence electrons. The Kier molecular flexibility index (Phi) is 7.45. The summed E-state index contributed by atoms with van der Waals surface area (Å²) in [6, 6.07) is 13.3. The summed E-state index contributed by atoms with van der Waals surface area (Å²) in [5.41, 5.74) is 3.39. The van der Waals surface area contributed by atoms with E-state index < -0.39 is 10.8 Å². The zero-order valence-electron chi connectivity index (χ0n) is 14.2. The van der Waals surface area contributed by atoms with E-state index in [9.17, 15) is 19.7 Å². The molecule has 0 bridgehead atoms. The van der Waals surface area contributed by atoms with Gasteiger partial charge in [0.1, 0.15) is 0 Å². The highest BCUT2D eigenvalue weighted by Crippen LogP contribution is 2.20. The summed E-state index contributed by atoms with van der Waals surface area (Å²) >= 11 is 5.92. The minimum absolute atomic E-state index is 0.0196. The summed E-state index contributed by atoms with van der Waals surface area (Å²) in [7, 11) is 0. The number of halogens is 1. The summed E-state index contributed by atoms with van der Waals surface area (Å²) in [5.74, 6) is -0.706. The van der Waals surface area contributed by atoms with Crippen LogP contribution >= 0.6 is 11.6 Å². The summed E-state index contributed by atoms with van der Waals surface area (Å²) in [6.45, 7) is 0.394. The first-order chi connectivity index (χ1) is 13.0. The highest BCUT2D eigenvalue weighted by molar-refractivity contribution is 6.33. The standard InChI is InChI=1S/C18H17ClN4O4/c19-16-7-6-15(23(26)27)10-14(16)12-21-22-18(25)9-8-17(24)20-11-13-4-2-1-3-5-13/h1-7,10,12H,8-9,11H2,(H,20,24)(H,22,25)/b21-12-. The van der Waals surface area contributed by atoms with Crippen LogP contribution in [0.1, 0.15) is 24.0 Å². The van der Waals surface area contributed by atoms with Crippen LogP contribution in [0.15, 0.2) is 53.6 Å². The van der Waals surface area contributed by atoms with Gasteiger partial charge in [-0.25, -0.2) is 5.43 Å². The van der Waals surface area contributed by atoms with E-state index in [0.717, 1.165) is 5.56 Å². The zero-order chi connectivity index (χ0) is 19.6. The van der Waals surface area contributed by atoms with Crippen LogP contribution in [0.4, 0.5) is 5.69 Å². The first-order valence-electron chi connectivity index (χ1n) is 8.02. The van der Waals surface area contributed by atoms with E-state index in [-0.39, 0.29) is 29.5 Å². The van der Waals surface area contributed by atoms with Crippen molar-refractivity contribution >= 4 is 35.3 Å². The number of amides is 2. The van der Waals surface area contributed by atoms with Crippen molar-refractivity contribution in [2.45, 2.75) is 19.4 Å². The van der Waals surface area contributed by atoms with Gasteiger partial charge in [0.15, 0.2) is 0 Å². The zero-order valence-corrected chi connectivity index (χ0v) is 15.0. The number of nitro groups is 1. The number of hydrogen-bond donors (Lipinski definition) is 2. The molecule has 8 nitrogen and oxygen atoms in total. The average Bonchev–Trinajstić information content (AvgIpc) is 2.66. The van der Waals surface area contributed by atoms with Crippen molar-refractivity contribution in [1.29, 1.82) is 0 Å². The quantitative estimate of drug-likeness (QED) is 0.411. The average molecular weight is 389 g/mol. The molecule has 0 aromatic heterocycles. The number of benzene rings is 2. The number of rotatable bonds is 8. The molecule has 0 saturated heterocycles. The van der Waals surface area contributed by atoms with Crippen LogP contribution in [0, 0.1) is 10.1 Å². The number of hydrazone groups is 1. The second kappa shape index (κ2) is 10.0. The molecule has 0 spiro atoms. The van der Waals surface area contributed by atoms with Gasteiger partial charge in [0.05, 0.1) is 11.1 Å². The molecule has 2 amide bonds. The third-order valence-corrected chi connectivity index (χ3v) is 3.84. The van der Waals surface area contributed by atoms with Gasteiger partial charge in [-0.2, -0.15) is 5.10 Å². The molecule has 0 atom stereocenters. The van der Waals surface area contributed by atoms with Gasteiger partial charge in [-0.15, -0.1) is 0 Å². The molecule has 0 aliphatic carbocycles. The number of carbonyl (C=O) groups is 2. The van der Waals surface area contributed by atoms with Crippen molar-refractivity contribution in [3.63, 3.8) is 0 Å². The SMILES string of the molecule is O=C(CCC(=O)N/N=C\c1cc([N+](=O)[O-])ccc1Cl)NCc1ccccc1. The van der Waals surface area contributed by atoms with E-state index in [1.54, 1.807) is 0 Å². The predicted molar refractivity (Wildman–Crippen MR) is 101 cm³/mol. The first-order valence-corrected chi connectivity index (χ1v) is 8.40. The Labute approximate surface area is 160 Å². The Bertz CT molecular complexity index is 856. The lowest BCUT2D eigenvalue weighted by atomic mass is 10.2. The smallest absolute Gasteiger partial charge is 0.270 e. The lowest BCUT2D eigenvalue weighted by Crippen LogP contribution is -2.25. The molecular formula is C18H17ClN4O4. The van der Waals surface area contributed by atoms with Gasteiger partial charge in [-0.1, -0.05) is 41.9 Å². The predicted octanol–water partition coefficient (Wildman–Crippen LogP) is 2.79. The number of carbonyl (C=O) groups excluding carboxylic acids is 2. The van der Waals surface area contributed by atoms with Crippen molar-refractivity contribution in [2.24, 2.45) is 5.10 Å². The van der Waals surface area contributed by atoms with Gasteiger partial charge in [0, 0.05) is 42.1 Å². The molecule has 0 unspecified atom stereocenters. The molecule has 27 heavy (non-hydrogen) atoms. The molecule has 0 fully saturated rings. The summed E-state index contributed by atoms with van der Waals surface area (Å²) < 4.78 is 0. The Morgan fingerprint density at radius 3 is 2.52 bits per heavy atom. The second-order valence-electron chi connectivity index (χ2n) is 5.52. The topological polar surface area (TPSA) is 114 Å². The van der Waals surface area contributed by atoms with Gasteiger partial charge >= 0.3 is 0 Å². The lowest BCUT2D eigenvalue weighted by Gasteiger charge is -2.05. The third kappa shape index (κ3) is 6.87. The molecule has 2 N–H and O–H groups in total. The van der Waals surface area contributed by atoms with Crippen LogP contribution in [-0.4, -0.2) is 23.0 Å². The van der Waals surface area contributed by atoms with Crippen LogP contribution in [0.25, 0.3) is 0 Å². The largest absolute Gasteiger partial charge is 0.352 e. The van der Waals surface area contributed by atoms with E-state index in [4.69, 9.17) is 11.6 Å². The molecule has 0 saturated carbocycles. The monoisotopic (exact) mass is 388 g/mol. The van der Waals surface area contributed by atoms with Crippen molar-refractivity contribution in [3.8, 4) is 0 Å². The lowest BCUT2D eigenvalue weighted by molar-refractivity contribution is -0.384. The van der Waals surface area contributed by atoms with Crippen LogP contribution in [0.3, 0.4) is 0 Å². The molecule has 0 aliphatic heterocycles. The first kappa shape index (κ1) is 20.1. The molecular weight excluding hydrogens is 372 g/mol. The fourth-order valence-corrected chi connectivity index (χ4v) is 2.25. The van der Waals surface area contributed by atoms with Crippen LogP contribution in [0.2, 0.25) is 5.02 Å². The van der Waals surface area contributed by atoms with Gasteiger partial charge in [-0.3, -0.25) is 19.7 Å². The number of nitro benzene ring substituents is 1. The third-order valence-electron chi connectivity index (χ3n) is 3.49. The Hall–Kier alpha value is -3.26. The molecule has 2 rings (SSSR count). The minimum Gasteiger partial charge on any atom is -0.352 e. The van der Waals surface area contributed by atoms with Crippen LogP contribution < -0.4 is 10.7 Å². The summed E-state index contributed by atoms with van der Waals surface area (Å²) in [6.07, 6.45) is 1.19. The van der Waals surface area contributed by atoms with Crippen LogP contribution in [0.5, 0.6) is 0 Å². The number of nitrogens with one attached hydrogen (secondary N) is 2. The second-order valence-corrected chi connectivity index (χ2v) is 5.93. The van der Waals surface area contributed by atoms with E-state index in [1.807, 2.05) is 30.3 Å². The van der Waals surface area contributed by atoms with Crippen molar-refractivity contribution in [2.75, 3.05) is 0 Å². The highest BCUT2D eigenvalue weighted by atomic mass is 35.5. The maximum absolute atomic E-state index is 11.8. The van der Waals surface area contributed by atoms with E-state index in [1.165, 1.54) is 24.4 Å². The summed E-state index contributed by atoms with van der Waals surface area (Å²) in [5, 5.41) is 17.4. The van der Waals surface area contributed by atoms with Gasteiger partial charge in [-0.05, 0) is 11.6 Å². The maximum atomic E-state index is 11.8. The van der Waals surface area contributed by atoms with E-state index in [2.05, 4.69) is 15.8 Å². The molecule has 0 heterocycles. The fourth-order valence-electron chi connectivity index (χ4n) is 2.09. The Balaban J connectivity index is 1.76. The van der Waals surface area contributed by atoms with Gasteiger partial charge in [0.2, 0.25) is 11.8 Å². The summed E-state index contributed by atoms with van der Waals surface area (Å²) in [4.78, 5) is 33.7. The van der Waals surface area contributed by atoms with E-state index in [0.29, 0.717) is 12.1 Å². The molecule has 0 aliphatic rings. The normalized spacial score (nSPS) is 10.6. The highest BCUT2D eigenvalue weighted by Gasteiger charge is 2.09. The minimum atomic E-state index is -0.555. The van der Waals surface area contributed by atoms with Crippen LogP contribution in [-0.2, 0) is 16.1 Å². The maximum Gasteiger partial charge on any atom is 0.270 e. The Morgan fingerprint density at radius 1 is 1.11 bits per heavy atom. The number of hydrogen-bond acceptors (Lipinski definition) is 5. The molecule has 2 aromatic rings. The van der Waals surface area contributed by atoms with Gasteiger partial charge in [0.25, 0.3) is 5.69 Å². The fraction of sp³-hybridized carbons (Fsp3) is 0.167.